The van der Waals surface area contributed by atoms with Gasteiger partial charge < -0.3 is 4.74 Å². The third kappa shape index (κ3) is 2.21. The number of hydrogen-bond donors (Lipinski definition) is 0. The van der Waals surface area contributed by atoms with E-state index in [1.54, 1.807) is 0 Å². The number of rotatable bonds is 2. The first-order chi connectivity index (χ1) is 6.11. The Bertz CT molecular complexity index is 140. The van der Waals surface area contributed by atoms with Crippen molar-refractivity contribution in [1.82, 2.24) is 0 Å². The first-order valence-corrected chi connectivity index (χ1v) is 6.58. The van der Waals surface area contributed by atoms with Gasteiger partial charge in [0.1, 0.15) is 5.44 Å². The molecule has 3 unspecified atom stereocenters. The van der Waals surface area contributed by atoms with E-state index in [0.29, 0.717) is 23.4 Å². The third-order valence-corrected chi connectivity index (χ3v) is 4.62. The van der Waals surface area contributed by atoms with Crippen molar-refractivity contribution in [3.8, 4) is 0 Å². The lowest BCUT2D eigenvalue weighted by Gasteiger charge is -2.43. The maximum absolute atomic E-state index is 6.04. The monoisotopic (exact) mass is 202 g/mol. The van der Waals surface area contributed by atoms with Crippen LogP contribution in [0.1, 0.15) is 34.1 Å². The van der Waals surface area contributed by atoms with E-state index in [9.17, 15) is 0 Å². The summed E-state index contributed by atoms with van der Waals surface area (Å²) in [5.74, 6) is 2.19. The van der Waals surface area contributed by atoms with E-state index in [1.807, 2.05) is 11.8 Å². The van der Waals surface area contributed by atoms with Crippen molar-refractivity contribution >= 4 is 11.8 Å². The SMILES string of the molecule is CCC1OC(SC)[C@@H](C)[C@@H](C)C1C. The van der Waals surface area contributed by atoms with Crippen molar-refractivity contribution in [2.24, 2.45) is 17.8 Å². The fourth-order valence-electron chi connectivity index (χ4n) is 2.22. The zero-order valence-electron chi connectivity index (χ0n) is 9.41. The largest absolute Gasteiger partial charge is 0.364 e. The summed E-state index contributed by atoms with van der Waals surface area (Å²) in [6.45, 7) is 9.23. The van der Waals surface area contributed by atoms with Gasteiger partial charge >= 0.3 is 0 Å². The Morgan fingerprint density at radius 1 is 1.08 bits per heavy atom. The summed E-state index contributed by atoms with van der Waals surface area (Å²) in [6, 6.07) is 0. The minimum Gasteiger partial charge on any atom is -0.364 e. The summed E-state index contributed by atoms with van der Waals surface area (Å²) in [7, 11) is 0. The molecule has 1 saturated heterocycles. The average molecular weight is 202 g/mol. The van der Waals surface area contributed by atoms with Crippen LogP contribution < -0.4 is 0 Å². The maximum Gasteiger partial charge on any atom is 0.106 e. The molecule has 13 heavy (non-hydrogen) atoms. The molecular formula is C11H22OS. The van der Waals surface area contributed by atoms with Gasteiger partial charge in [0.05, 0.1) is 6.10 Å². The van der Waals surface area contributed by atoms with Crippen LogP contribution in [0.4, 0.5) is 0 Å². The Balaban J connectivity index is 2.66. The minimum absolute atomic E-state index is 0.413. The highest BCUT2D eigenvalue weighted by molar-refractivity contribution is 7.99. The van der Waals surface area contributed by atoms with E-state index >= 15 is 0 Å². The van der Waals surface area contributed by atoms with Crippen LogP contribution in [0.3, 0.4) is 0 Å². The molecule has 1 heterocycles. The molecule has 0 aromatic carbocycles. The highest BCUT2D eigenvalue weighted by atomic mass is 32.2. The molecule has 1 fully saturated rings. The zero-order chi connectivity index (χ0) is 10.0. The van der Waals surface area contributed by atoms with Crippen LogP contribution in [-0.4, -0.2) is 17.8 Å². The number of ether oxygens (including phenoxy) is 1. The Labute approximate surface area is 86.6 Å². The van der Waals surface area contributed by atoms with E-state index in [4.69, 9.17) is 4.74 Å². The lowest BCUT2D eigenvalue weighted by molar-refractivity contribution is -0.0943. The van der Waals surface area contributed by atoms with E-state index in [1.165, 1.54) is 0 Å². The predicted octanol–water partition coefficient (Wildman–Crippen LogP) is 3.39. The molecule has 0 bridgehead atoms. The maximum atomic E-state index is 6.04. The first kappa shape index (κ1) is 11.4. The summed E-state index contributed by atoms with van der Waals surface area (Å²) in [5.41, 5.74) is 0.413. The fraction of sp³-hybridized carbons (Fsp3) is 1.00. The zero-order valence-corrected chi connectivity index (χ0v) is 10.2. The van der Waals surface area contributed by atoms with Crippen molar-refractivity contribution in [2.75, 3.05) is 6.26 Å². The van der Waals surface area contributed by atoms with E-state index in [2.05, 4.69) is 34.0 Å². The Morgan fingerprint density at radius 3 is 2.15 bits per heavy atom. The molecule has 0 aliphatic carbocycles. The molecule has 0 aromatic heterocycles. The van der Waals surface area contributed by atoms with Gasteiger partial charge in [0.2, 0.25) is 0 Å². The Kier molecular flexibility index (Phi) is 4.11. The molecule has 0 N–H and O–H groups in total. The van der Waals surface area contributed by atoms with E-state index in [-0.39, 0.29) is 0 Å². The van der Waals surface area contributed by atoms with Gasteiger partial charge in [0, 0.05) is 0 Å². The van der Waals surface area contributed by atoms with Gasteiger partial charge in [-0.3, -0.25) is 0 Å². The highest BCUT2D eigenvalue weighted by Gasteiger charge is 2.37. The van der Waals surface area contributed by atoms with E-state index < -0.39 is 0 Å². The van der Waals surface area contributed by atoms with Gasteiger partial charge in [-0.25, -0.2) is 0 Å². The highest BCUT2D eigenvalue weighted by Crippen LogP contribution is 2.39. The number of thioether (sulfide) groups is 1. The van der Waals surface area contributed by atoms with Gasteiger partial charge in [-0.05, 0) is 30.4 Å². The van der Waals surface area contributed by atoms with Crippen LogP contribution in [0.15, 0.2) is 0 Å². The lowest BCUT2D eigenvalue weighted by Crippen LogP contribution is -2.42. The molecule has 2 heteroatoms. The molecule has 0 amide bonds. The van der Waals surface area contributed by atoms with Crippen molar-refractivity contribution in [2.45, 2.75) is 45.7 Å². The standard InChI is InChI=1S/C11H22OS/c1-6-10-8(3)7(2)9(4)11(12-10)13-5/h7-11H,6H2,1-5H3/t7-,8?,9-,10?,11?/m0/s1. The summed E-state index contributed by atoms with van der Waals surface area (Å²) >= 11 is 1.86. The van der Waals surface area contributed by atoms with Crippen LogP contribution in [-0.2, 0) is 4.74 Å². The molecule has 0 radical (unpaired) electrons. The molecule has 1 aliphatic heterocycles. The minimum atomic E-state index is 0.413. The number of hydrogen-bond acceptors (Lipinski definition) is 2. The van der Waals surface area contributed by atoms with Crippen molar-refractivity contribution < 1.29 is 4.74 Å². The summed E-state index contributed by atoms with van der Waals surface area (Å²) in [5, 5.41) is 0. The molecule has 0 saturated carbocycles. The second-order valence-corrected chi connectivity index (χ2v) is 5.20. The predicted molar refractivity (Wildman–Crippen MR) is 60.0 cm³/mol. The molecule has 0 aromatic rings. The Morgan fingerprint density at radius 2 is 1.69 bits per heavy atom. The van der Waals surface area contributed by atoms with Crippen LogP contribution in [0.25, 0.3) is 0 Å². The van der Waals surface area contributed by atoms with Gasteiger partial charge in [-0.2, -0.15) is 0 Å². The fourth-order valence-corrected chi connectivity index (χ4v) is 3.15. The molecule has 0 spiro atoms. The van der Waals surface area contributed by atoms with Gasteiger partial charge in [0.25, 0.3) is 0 Å². The van der Waals surface area contributed by atoms with Gasteiger partial charge in [-0.15, -0.1) is 11.8 Å². The normalized spacial score (nSPS) is 46.4. The van der Waals surface area contributed by atoms with Crippen LogP contribution in [0.2, 0.25) is 0 Å². The summed E-state index contributed by atoms with van der Waals surface area (Å²) in [6.07, 6.45) is 3.77. The van der Waals surface area contributed by atoms with Crippen molar-refractivity contribution in [3.63, 3.8) is 0 Å². The molecule has 78 valence electrons. The van der Waals surface area contributed by atoms with Crippen LogP contribution in [0, 0.1) is 17.8 Å². The van der Waals surface area contributed by atoms with Gasteiger partial charge in [0.15, 0.2) is 0 Å². The molecular weight excluding hydrogens is 180 g/mol. The molecule has 5 atom stereocenters. The molecule has 1 nitrogen and oxygen atoms in total. The quantitative estimate of drug-likeness (QED) is 0.679. The topological polar surface area (TPSA) is 9.23 Å². The Hall–Kier alpha value is 0.310. The van der Waals surface area contributed by atoms with Crippen LogP contribution >= 0.6 is 11.8 Å². The van der Waals surface area contributed by atoms with E-state index in [0.717, 1.165) is 12.3 Å². The van der Waals surface area contributed by atoms with Crippen molar-refractivity contribution in [3.05, 3.63) is 0 Å². The van der Waals surface area contributed by atoms with Crippen molar-refractivity contribution in [1.29, 1.82) is 0 Å². The van der Waals surface area contributed by atoms with Gasteiger partial charge in [-0.1, -0.05) is 27.7 Å². The molecule has 1 rings (SSSR count). The first-order valence-electron chi connectivity index (χ1n) is 5.30. The second-order valence-electron chi connectivity index (χ2n) is 4.26. The smallest absolute Gasteiger partial charge is 0.106 e. The summed E-state index contributed by atoms with van der Waals surface area (Å²) < 4.78 is 6.04. The third-order valence-electron chi connectivity index (χ3n) is 3.62. The van der Waals surface area contributed by atoms with Crippen LogP contribution in [0.5, 0.6) is 0 Å². The summed E-state index contributed by atoms with van der Waals surface area (Å²) in [4.78, 5) is 0. The second kappa shape index (κ2) is 4.70. The lowest BCUT2D eigenvalue weighted by atomic mass is 9.79. The molecule has 1 aliphatic rings. The average Bonchev–Trinajstić information content (AvgIpc) is 2.15.